The van der Waals surface area contributed by atoms with Crippen molar-refractivity contribution in [2.75, 3.05) is 6.61 Å². The second-order valence-electron chi connectivity index (χ2n) is 6.23. The minimum Gasteiger partial charge on any atom is -0.456 e. The molecular formula is C21H24N2O4. The lowest BCUT2D eigenvalue weighted by molar-refractivity contribution is -0.149. The number of ether oxygens (including phenoxy) is 1. The van der Waals surface area contributed by atoms with Gasteiger partial charge in [0.15, 0.2) is 6.61 Å². The largest absolute Gasteiger partial charge is 0.456 e. The topological polar surface area (TPSA) is 84.5 Å². The molecule has 2 aromatic carbocycles. The summed E-state index contributed by atoms with van der Waals surface area (Å²) in [4.78, 5) is 35.5. The molecule has 2 rings (SSSR count). The molecule has 0 aromatic heterocycles. The molecule has 0 heterocycles. The Bertz CT molecular complexity index is 762. The molecule has 0 aliphatic carbocycles. The van der Waals surface area contributed by atoms with E-state index in [1.165, 1.54) is 6.92 Å². The first kappa shape index (κ1) is 20.2. The summed E-state index contributed by atoms with van der Waals surface area (Å²) in [5.41, 5.74) is 1.76. The Hall–Kier alpha value is -3.15. The van der Waals surface area contributed by atoms with Gasteiger partial charge in [0.2, 0.25) is 5.91 Å². The van der Waals surface area contributed by atoms with E-state index in [1.54, 1.807) is 0 Å². The maximum atomic E-state index is 12.1. The highest BCUT2D eigenvalue weighted by Crippen LogP contribution is 2.17. The van der Waals surface area contributed by atoms with Crippen LogP contribution in [0.3, 0.4) is 0 Å². The van der Waals surface area contributed by atoms with Crippen molar-refractivity contribution in [2.24, 2.45) is 0 Å². The van der Waals surface area contributed by atoms with E-state index in [1.807, 2.05) is 67.6 Å². The van der Waals surface area contributed by atoms with E-state index >= 15 is 0 Å². The van der Waals surface area contributed by atoms with Crippen LogP contribution in [0.15, 0.2) is 60.7 Å². The van der Waals surface area contributed by atoms with Crippen molar-refractivity contribution in [3.05, 3.63) is 71.8 Å². The molecule has 6 heteroatoms. The average Bonchev–Trinajstić information content (AvgIpc) is 2.67. The summed E-state index contributed by atoms with van der Waals surface area (Å²) >= 11 is 0. The lowest BCUT2D eigenvalue weighted by atomic mass is 10.0. The van der Waals surface area contributed by atoms with Gasteiger partial charge in [-0.1, -0.05) is 60.7 Å². The normalized spacial score (nSPS) is 12.5. The fourth-order valence-electron chi connectivity index (χ4n) is 2.66. The van der Waals surface area contributed by atoms with Gasteiger partial charge in [0.25, 0.3) is 5.91 Å². The van der Waals surface area contributed by atoms with Crippen molar-refractivity contribution in [2.45, 2.75) is 32.4 Å². The van der Waals surface area contributed by atoms with Crippen molar-refractivity contribution < 1.29 is 19.1 Å². The van der Waals surface area contributed by atoms with Crippen molar-refractivity contribution in [3.8, 4) is 0 Å². The molecule has 2 amide bonds. The molecule has 142 valence electrons. The van der Waals surface area contributed by atoms with Gasteiger partial charge in [0.05, 0.1) is 18.5 Å². The van der Waals surface area contributed by atoms with Gasteiger partial charge in [-0.25, -0.2) is 0 Å². The van der Waals surface area contributed by atoms with Crippen molar-refractivity contribution in [3.63, 3.8) is 0 Å². The van der Waals surface area contributed by atoms with Crippen molar-refractivity contribution >= 4 is 17.8 Å². The maximum absolute atomic E-state index is 12.1. The van der Waals surface area contributed by atoms with Gasteiger partial charge >= 0.3 is 5.97 Å². The molecule has 0 saturated heterocycles. The highest BCUT2D eigenvalue weighted by Gasteiger charge is 2.19. The minimum absolute atomic E-state index is 0.0505. The third-order valence-corrected chi connectivity index (χ3v) is 3.99. The Labute approximate surface area is 158 Å². The van der Waals surface area contributed by atoms with Gasteiger partial charge in [-0.2, -0.15) is 0 Å². The number of nitrogens with one attached hydrogen (secondary N) is 2. The van der Waals surface area contributed by atoms with Crippen LogP contribution >= 0.6 is 0 Å². The van der Waals surface area contributed by atoms with E-state index in [4.69, 9.17) is 4.74 Å². The first-order valence-electron chi connectivity index (χ1n) is 8.77. The Balaban J connectivity index is 1.84. The second kappa shape index (κ2) is 10.1. The van der Waals surface area contributed by atoms with E-state index in [2.05, 4.69) is 10.6 Å². The number of amides is 2. The zero-order valence-electron chi connectivity index (χ0n) is 15.5. The molecule has 6 nitrogen and oxygen atoms in total. The molecule has 0 unspecified atom stereocenters. The van der Waals surface area contributed by atoms with E-state index in [9.17, 15) is 14.4 Å². The fraction of sp³-hybridized carbons (Fsp3) is 0.286. The van der Waals surface area contributed by atoms with Gasteiger partial charge < -0.3 is 15.4 Å². The molecule has 0 fully saturated rings. The molecule has 2 atom stereocenters. The summed E-state index contributed by atoms with van der Waals surface area (Å²) < 4.78 is 5.07. The molecule has 0 spiro atoms. The summed E-state index contributed by atoms with van der Waals surface area (Å²) in [5.74, 6) is -1.18. The van der Waals surface area contributed by atoms with Gasteiger partial charge in [0, 0.05) is 6.92 Å². The van der Waals surface area contributed by atoms with Crippen LogP contribution in [-0.4, -0.2) is 24.4 Å². The van der Waals surface area contributed by atoms with Crippen LogP contribution in [0.5, 0.6) is 0 Å². The van der Waals surface area contributed by atoms with E-state index in [0.29, 0.717) is 0 Å². The number of carbonyl (C=O) groups excluding carboxylic acids is 3. The minimum atomic E-state index is -0.555. The third kappa shape index (κ3) is 6.93. The molecule has 27 heavy (non-hydrogen) atoms. The SMILES string of the molecule is CC(=O)N[C@H](CC(=O)OCC(=O)N[C@@H](C)c1ccccc1)c1ccccc1. The van der Waals surface area contributed by atoms with Crippen LogP contribution in [0.4, 0.5) is 0 Å². The van der Waals surface area contributed by atoms with Crippen LogP contribution in [0, 0.1) is 0 Å². The zero-order chi connectivity index (χ0) is 19.6. The van der Waals surface area contributed by atoms with E-state index < -0.39 is 12.0 Å². The van der Waals surface area contributed by atoms with Gasteiger partial charge in [-0.05, 0) is 18.1 Å². The van der Waals surface area contributed by atoms with E-state index in [-0.39, 0.29) is 30.9 Å². The smallest absolute Gasteiger partial charge is 0.308 e. The number of carbonyl (C=O) groups is 3. The number of benzene rings is 2. The summed E-state index contributed by atoms with van der Waals surface area (Å²) in [5, 5.41) is 5.51. The highest BCUT2D eigenvalue weighted by molar-refractivity contribution is 5.81. The maximum Gasteiger partial charge on any atom is 0.308 e. The Kier molecular flexibility index (Phi) is 7.55. The summed E-state index contributed by atoms with van der Waals surface area (Å²) in [6.45, 7) is 2.88. The number of hydrogen-bond acceptors (Lipinski definition) is 4. The predicted molar refractivity (Wildman–Crippen MR) is 102 cm³/mol. The molecule has 0 bridgehead atoms. The van der Waals surface area contributed by atoms with Crippen LogP contribution in [0.1, 0.15) is 43.5 Å². The van der Waals surface area contributed by atoms with Crippen LogP contribution in [0.25, 0.3) is 0 Å². The lowest BCUT2D eigenvalue weighted by Gasteiger charge is -2.18. The van der Waals surface area contributed by atoms with Crippen molar-refractivity contribution in [1.29, 1.82) is 0 Å². The molecule has 0 radical (unpaired) electrons. The molecule has 0 saturated carbocycles. The molecule has 2 aromatic rings. The van der Waals surface area contributed by atoms with Crippen molar-refractivity contribution in [1.82, 2.24) is 10.6 Å². The standard InChI is InChI=1S/C21H24N2O4/c1-15(17-9-5-3-6-10-17)22-20(25)14-27-21(26)13-19(23-16(2)24)18-11-7-4-8-12-18/h3-12,15,19H,13-14H2,1-2H3,(H,22,25)(H,23,24)/t15-,19+/m0/s1. The first-order valence-corrected chi connectivity index (χ1v) is 8.77. The predicted octanol–water partition coefficient (Wildman–Crippen LogP) is 2.67. The van der Waals surface area contributed by atoms with Gasteiger partial charge in [0.1, 0.15) is 0 Å². The summed E-state index contributed by atoms with van der Waals surface area (Å²) in [6, 6.07) is 18.0. The fourth-order valence-corrected chi connectivity index (χ4v) is 2.66. The third-order valence-electron chi connectivity index (χ3n) is 3.99. The average molecular weight is 368 g/mol. The zero-order valence-corrected chi connectivity index (χ0v) is 15.5. The molecule has 2 N–H and O–H groups in total. The highest BCUT2D eigenvalue weighted by atomic mass is 16.5. The Morgan fingerprint density at radius 3 is 2.00 bits per heavy atom. The Morgan fingerprint density at radius 2 is 1.44 bits per heavy atom. The first-order chi connectivity index (χ1) is 13.0. The number of hydrogen-bond donors (Lipinski definition) is 2. The number of rotatable bonds is 8. The van der Waals surface area contributed by atoms with Crippen LogP contribution in [0.2, 0.25) is 0 Å². The monoisotopic (exact) mass is 368 g/mol. The summed E-state index contributed by atoms with van der Waals surface area (Å²) in [6.07, 6.45) is -0.0505. The molecular weight excluding hydrogens is 344 g/mol. The molecule has 0 aliphatic heterocycles. The molecule has 0 aliphatic rings. The number of esters is 1. The van der Waals surface area contributed by atoms with Gasteiger partial charge in [-0.15, -0.1) is 0 Å². The van der Waals surface area contributed by atoms with E-state index in [0.717, 1.165) is 11.1 Å². The van der Waals surface area contributed by atoms with Crippen LogP contribution in [-0.2, 0) is 19.1 Å². The lowest BCUT2D eigenvalue weighted by Crippen LogP contribution is -2.32. The van der Waals surface area contributed by atoms with Crippen LogP contribution < -0.4 is 10.6 Å². The quantitative estimate of drug-likeness (QED) is 0.702. The van der Waals surface area contributed by atoms with Gasteiger partial charge in [-0.3, -0.25) is 14.4 Å². The second-order valence-corrected chi connectivity index (χ2v) is 6.23. The Morgan fingerprint density at radius 1 is 0.889 bits per heavy atom. The summed E-state index contributed by atoms with van der Waals surface area (Å²) in [7, 11) is 0.